The molecule has 2 aliphatic heterocycles. The molecule has 5 heteroatoms. The van der Waals surface area contributed by atoms with Crippen molar-refractivity contribution >= 4 is 11.6 Å². The first-order valence-corrected chi connectivity index (χ1v) is 7.62. The van der Waals surface area contributed by atoms with E-state index < -0.39 is 0 Å². The van der Waals surface area contributed by atoms with Crippen molar-refractivity contribution in [2.24, 2.45) is 0 Å². The summed E-state index contributed by atoms with van der Waals surface area (Å²) in [4.78, 5) is 17.0. The molecule has 2 heterocycles. The Hall–Kier alpha value is -1.59. The van der Waals surface area contributed by atoms with E-state index in [0.717, 1.165) is 51.4 Å². The van der Waals surface area contributed by atoms with E-state index in [4.69, 9.17) is 10.5 Å². The molecule has 0 bridgehead atoms. The summed E-state index contributed by atoms with van der Waals surface area (Å²) in [6, 6.07) is 6.11. The van der Waals surface area contributed by atoms with Gasteiger partial charge in [0.15, 0.2) is 0 Å². The second-order valence-corrected chi connectivity index (χ2v) is 5.93. The molecule has 3 rings (SSSR count). The second kappa shape index (κ2) is 6.03. The highest BCUT2D eigenvalue weighted by Crippen LogP contribution is 2.22. The Kier molecular flexibility index (Phi) is 4.12. The molecule has 114 valence electrons. The molecular weight excluding hydrogens is 266 g/mol. The van der Waals surface area contributed by atoms with Gasteiger partial charge in [0, 0.05) is 37.9 Å². The van der Waals surface area contributed by atoms with E-state index in [-0.39, 0.29) is 5.91 Å². The van der Waals surface area contributed by atoms with Gasteiger partial charge in [0.05, 0.1) is 18.8 Å². The average Bonchev–Trinajstić information content (AvgIpc) is 3.00. The van der Waals surface area contributed by atoms with Crippen molar-refractivity contribution in [3.8, 4) is 0 Å². The van der Waals surface area contributed by atoms with Crippen LogP contribution >= 0.6 is 0 Å². The molecule has 0 radical (unpaired) electrons. The third kappa shape index (κ3) is 3.04. The first-order chi connectivity index (χ1) is 10.1. The zero-order valence-corrected chi connectivity index (χ0v) is 12.5. The average molecular weight is 289 g/mol. The number of nitrogen functional groups attached to an aromatic ring is 1. The van der Waals surface area contributed by atoms with Crippen LogP contribution in [0, 0.1) is 6.92 Å². The summed E-state index contributed by atoms with van der Waals surface area (Å²) in [6.45, 7) is 7.14. The number of morpholine rings is 1. The van der Waals surface area contributed by atoms with Crippen molar-refractivity contribution in [2.45, 2.75) is 19.4 Å². The van der Waals surface area contributed by atoms with Gasteiger partial charge in [-0.15, -0.1) is 0 Å². The quantitative estimate of drug-likeness (QED) is 0.829. The summed E-state index contributed by atoms with van der Waals surface area (Å²) in [7, 11) is 0. The monoisotopic (exact) mass is 289 g/mol. The van der Waals surface area contributed by atoms with Crippen LogP contribution in [0.3, 0.4) is 0 Å². The molecule has 1 atom stereocenters. The lowest BCUT2D eigenvalue weighted by atomic mass is 10.1. The largest absolute Gasteiger partial charge is 0.398 e. The van der Waals surface area contributed by atoms with Crippen molar-refractivity contribution in [2.75, 3.05) is 45.1 Å². The first kappa shape index (κ1) is 14.4. The zero-order chi connectivity index (χ0) is 14.8. The minimum Gasteiger partial charge on any atom is -0.398 e. The van der Waals surface area contributed by atoms with Gasteiger partial charge in [-0.2, -0.15) is 0 Å². The molecule has 0 aromatic heterocycles. The normalized spacial score (nSPS) is 23.5. The minimum atomic E-state index is 0.0620. The lowest BCUT2D eigenvalue weighted by molar-refractivity contribution is 0.0185. The number of aryl methyl sites for hydroxylation is 1. The number of amides is 1. The van der Waals surface area contributed by atoms with Crippen LogP contribution in [0.1, 0.15) is 22.3 Å². The van der Waals surface area contributed by atoms with E-state index in [1.165, 1.54) is 0 Å². The van der Waals surface area contributed by atoms with E-state index in [1.807, 2.05) is 30.0 Å². The van der Waals surface area contributed by atoms with Crippen molar-refractivity contribution in [3.63, 3.8) is 0 Å². The molecule has 1 amide bonds. The van der Waals surface area contributed by atoms with Crippen LogP contribution in [-0.4, -0.2) is 61.1 Å². The number of hydrogen-bond donors (Lipinski definition) is 1. The maximum absolute atomic E-state index is 12.7. The van der Waals surface area contributed by atoms with Crippen molar-refractivity contribution in [1.82, 2.24) is 9.80 Å². The summed E-state index contributed by atoms with van der Waals surface area (Å²) < 4.78 is 5.39. The predicted octanol–water partition coefficient (Wildman–Crippen LogP) is 1.12. The lowest BCUT2D eigenvalue weighted by Gasteiger charge is -2.32. The van der Waals surface area contributed by atoms with Gasteiger partial charge in [-0.3, -0.25) is 9.69 Å². The molecule has 1 aromatic rings. The standard InChI is InChI=1S/C16H23N3O2/c1-12-2-3-15(17)14(10-12)16(20)19-5-4-13(11-19)18-6-8-21-9-7-18/h2-3,10,13H,4-9,11,17H2,1H3. The van der Waals surface area contributed by atoms with E-state index >= 15 is 0 Å². The summed E-state index contributed by atoms with van der Waals surface area (Å²) in [5, 5.41) is 0. The zero-order valence-electron chi connectivity index (χ0n) is 12.5. The molecule has 1 unspecified atom stereocenters. The van der Waals surface area contributed by atoms with Gasteiger partial charge in [0.25, 0.3) is 5.91 Å². The molecule has 0 saturated carbocycles. The number of nitrogens with zero attached hydrogens (tertiary/aromatic N) is 2. The number of anilines is 1. The third-order valence-corrected chi connectivity index (χ3v) is 4.45. The highest BCUT2D eigenvalue weighted by Gasteiger charge is 2.32. The Morgan fingerprint density at radius 3 is 2.81 bits per heavy atom. The van der Waals surface area contributed by atoms with E-state index in [1.54, 1.807) is 0 Å². The second-order valence-electron chi connectivity index (χ2n) is 5.93. The Morgan fingerprint density at radius 1 is 1.29 bits per heavy atom. The smallest absolute Gasteiger partial charge is 0.256 e. The Balaban J connectivity index is 1.67. The van der Waals surface area contributed by atoms with Gasteiger partial charge in [0.2, 0.25) is 0 Å². The molecule has 2 N–H and O–H groups in total. The van der Waals surface area contributed by atoms with Crippen molar-refractivity contribution < 1.29 is 9.53 Å². The van der Waals surface area contributed by atoms with E-state index in [9.17, 15) is 4.79 Å². The van der Waals surface area contributed by atoms with Crippen LogP contribution in [-0.2, 0) is 4.74 Å². The summed E-state index contributed by atoms with van der Waals surface area (Å²) in [5.41, 5.74) is 8.23. The fourth-order valence-corrected chi connectivity index (χ4v) is 3.19. The summed E-state index contributed by atoms with van der Waals surface area (Å²) in [6.07, 6.45) is 1.04. The summed E-state index contributed by atoms with van der Waals surface area (Å²) in [5.74, 6) is 0.0620. The molecule has 1 aromatic carbocycles. The number of benzene rings is 1. The maximum atomic E-state index is 12.7. The van der Waals surface area contributed by atoms with Gasteiger partial charge in [0.1, 0.15) is 0 Å². The molecule has 2 fully saturated rings. The van der Waals surface area contributed by atoms with Crippen LogP contribution in [0.5, 0.6) is 0 Å². The van der Waals surface area contributed by atoms with Crippen LogP contribution in [0.4, 0.5) is 5.69 Å². The predicted molar refractivity (Wildman–Crippen MR) is 82.3 cm³/mol. The fourth-order valence-electron chi connectivity index (χ4n) is 3.19. The topological polar surface area (TPSA) is 58.8 Å². The van der Waals surface area contributed by atoms with Crippen LogP contribution in [0.15, 0.2) is 18.2 Å². The molecule has 0 aliphatic carbocycles. The van der Waals surface area contributed by atoms with Gasteiger partial charge < -0.3 is 15.4 Å². The van der Waals surface area contributed by atoms with Gasteiger partial charge in [-0.05, 0) is 25.5 Å². The Labute approximate surface area is 125 Å². The van der Waals surface area contributed by atoms with E-state index in [0.29, 0.717) is 17.3 Å². The number of carbonyl (C=O) groups is 1. The van der Waals surface area contributed by atoms with Crippen LogP contribution in [0.25, 0.3) is 0 Å². The van der Waals surface area contributed by atoms with Crippen LogP contribution < -0.4 is 5.73 Å². The maximum Gasteiger partial charge on any atom is 0.256 e. The van der Waals surface area contributed by atoms with Gasteiger partial charge >= 0.3 is 0 Å². The Bertz CT molecular complexity index is 526. The number of carbonyl (C=O) groups excluding carboxylic acids is 1. The first-order valence-electron chi connectivity index (χ1n) is 7.62. The molecule has 0 spiro atoms. The fraction of sp³-hybridized carbons (Fsp3) is 0.562. The van der Waals surface area contributed by atoms with Crippen molar-refractivity contribution in [1.29, 1.82) is 0 Å². The van der Waals surface area contributed by atoms with Crippen molar-refractivity contribution in [3.05, 3.63) is 29.3 Å². The molecule has 2 saturated heterocycles. The lowest BCUT2D eigenvalue weighted by Crippen LogP contribution is -2.45. The number of likely N-dealkylation sites (tertiary alicyclic amines) is 1. The van der Waals surface area contributed by atoms with Crippen LogP contribution in [0.2, 0.25) is 0 Å². The van der Waals surface area contributed by atoms with Gasteiger partial charge in [-0.25, -0.2) is 0 Å². The number of hydrogen-bond acceptors (Lipinski definition) is 4. The number of ether oxygens (including phenoxy) is 1. The molecule has 21 heavy (non-hydrogen) atoms. The third-order valence-electron chi connectivity index (χ3n) is 4.45. The van der Waals surface area contributed by atoms with Gasteiger partial charge in [-0.1, -0.05) is 11.6 Å². The van der Waals surface area contributed by atoms with E-state index in [2.05, 4.69) is 4.90 Å². The minimum absolute atomic E-state index is 0.0620. The molecule has 5 nitrogen and oxygen atoms in total. The number of rotatable bonds is 2. The SMILES string of the molecule is Cc1ccc(N)c(C(=O)N2CCC(N3CCOCC3)C2)c1. The highest BCUT2D eigenvalue weighted by molar-refractivity contribution is 5.99. The highest BCUT2D eigenvalue weighted by atomic mass is 16.5. The number of nitrogens with two attached hydrogens (primary N) is 1. The summed E-state index contributed by atoms with van der Waals surface area (Å²) >= 11 is 0. The molecule has 2 aliphatic rings. The molecular formula is C16H23N3O2. The Morgan fingerprint density at radius 2 is 2.05 bits per heavy atom.